The number of benzene rings is 3. The van der Waals surface area contributed by atoms with Crippen LogP contribution in [-0.4, -0.2) is 26.2 Å². The Morgan fingerprint density at radius 3 is 0.923 bits per heavy atom. The van der Waals surface area contributed by atoms with E-state index in [0.29, 0.717) is 0 Å². The average molecular weight is 369 g/mol. The number of rotatable bonds is 6. The van der Waals surface area contributed by atoms with E-state index in [1.165, 1.54) is 0 Å². The zero-order chi connectivity index (χ0) is 18.6. The molecule has 3 rings (SSSR count). The summed E-state index contributed by atoms with van der Waals surface area (Å²) in [6.45, 7) is 0. The van der Waals surface area contributed by atoms with Crippen LogP contribution in [0.15, 0.2) is 72.8 Å². The molecule has 0 saturated heterocycles. The minimum atomic E-state index is -2.78. The van der Waals surface area contributed by atoms with Crippen molar-refractivity contribution in [2.75, 3.05) is 21.3 Å². The summed E-state index contributed by atoms with van der Waals surface area (Å²) in [4.78, 5) is 11.9. The lowest BCUT2D eigenvalue weighted by atomic mass is 10.3. The largest absolute Gasteiger partial charge is 0.497 e. The predicted octanol–water partition coefficient (Wildman–Crippen LogP) is 2.91. The Labute approximate surface area is 154 Å². The predicted molar refractivity (Wildman–Crippen MR) is 107 cm³/mol. The van der Waals surface area contributed by atoms with Crippen LogP contribution < -0.4 is 30.1 Å². The summed E-state index contributed by atoms with van der Waals surface area (Å²) >= 11 is 0. The summed E-state index contributed by atoms with van der Waals surface area (Å²) < 4.78 is 15.8. The highest BCUT2D eigenvalue weighted by molar-refractivity contribution is 7.91. The summed E-state index contributed by atoms with van der Waals surface area (Å²) in [5, 5.41) is 2.57. The van der Waals surface area contributed by atoms with Crippen molar-refractivity contribution < 1.29 is 19.1 Å². The van der Waals surface area contributed by atoms with Gasteiger partial charge in [-0.15, -0.1) is 0 Å². The summed E-state index contributed by atoms with van der Waals surface area (Å²) in [6, 6.07) is 22.7. The fourth-order valence-electron chi connectivity index (χ4n) is 2.84. The van der Waals surface area contributed by atoms with E-state index in [0.717, 1.165) is 33.2 Å². The maximum absolute atomic E-state index is 11.9. The van der Waals surface area contributed by atoms with Gasteiger partial charge >= 0.3 is 0 Å². The van der Waals surface area contributed by atoms with Crippen LogP contribution in [0.4, 0.5) is 0 Å². The summed E-state index contributed by atoms with van der Waals surface area (Å²) in [6.07, 6.45) is 0. The zero-order valence-electron chi connectivity index (χ0n) is 15.0. The van der Waals surface area contributed by atoms with Crippen molar-refractivity contribution in [1.82, 2.24) is 0 Å². The van der Waals surface area contributed by atoms with Gasteiger partial charge in [-0.2, -0.15) is 0 Å². The molecule has 4 nitrogen and oxygen atoms in total. The highest BCUT2D eigenvalue weighted by atomic mass is 31.2. The molecule has 135 valence electrons. The summed E-state index contributed by atoms with van der Waals surface area (Å²) in [5.74, 6) is 2.26. The van der Waals surface area contributed by atoms with E-state index in [2.05, 4.69) is 0 Å². The van der Waals surface area contributed by atoms with E-state index in [-0.39, 0.29) is 0 Å². The molecule has 0 aliphatic carbocycles. The van der Waals surface area contributed by atoms with Crippen molar-refractivity contribution in [1.29, 1.82) is 0 Å². The SMILES string of the molecule is COc1ccc([P](O)(c2ccc(OC)cc2)c2ccc(OC)cc2)cc1. The van der Waals surface area contributed by atoms with Crippen molar-refractivity contribution in [3.8, 4) is 17.2 Å². The molecule has 3 aromatic rings. The van der Waals surface area contributed by atoms with Crippen molar-refractivity contribution in [2.24, 2.45) is 0 Å². The van der Waals surface area contributed by atoms with Crippen LogP contribution in [0.25, 0.3) is 0 Å². The molecule has 0 bridgehead atoms. The molecule has 1 N–H and O–H groups in total. The van der Waals surface area contributed by atoms with Gasteiger partial charge in [0.15, 0.2) is 0 Å². The second-order valence-corrected chi connectivity index (χ2v) is 8.55. The van der Waals surface area contributed by atoms with E-state index in [1.54, 1.807) is 21.3 Å². The van der Waals surface area contributed by atoms with Crippen molar-refractivity contribution in [3.63, 3.8) is 0 Å². The molecule has 0 spiro atoms. The van der Waals surface area contributed by atoms with E-state index in [9.17, 15) is 4.89 Å². The van der Waals surface area contributed by atoms with Crippen LogP contribution in [0.3, 0.4) is 0 Å². The lowest BCUT2D eigenvalue weighted by molar-refractivity contribution is 0.415. The Morgan fingerprint density at radius 1 is 0.500 bits per heavy atom. The third-order valence-corrected chi connectivity index (χ3v) is 7.47. The molecule has 0 aliphatic heterocycles. The van der Waals surface area contributed by atoms with Crippen LogP contribution in [0, 0.1) is 0 Å². The molecule has 0 saturated carbocycles. The number of hydrogen-bond donors (Lipinski definition) is 1. The lowest BCUT2D eigenvalue weighted by Gasteiger charge is -2.32. The van der Waals surface area contributed by atoms with Crippen LogP contribution >= 0.6 is 7.49 Å². The first-order valence-corrected chi connectivity index (χ1v) is 9.91. The minimum Gasteiger partial charge on any atom is -0.497 e. The maximum Gasteiger partial charge on any atom is 0.118 e. The molecule has 0 amide bonds. The Balaban J connectivity index is 2.15. The quantitative estimate of drug-likeness (QED) is 0.679. The van der Waals surface area contributed by atoms with Gasteiger partial charge in [-0.25, -0.2) is 0 Å². The molecule has 5 heteroatoms. The van der Waals surface area contributed by atoms with Gasteiger partial charge in [0.05, 0.1) is 28.8 Å². The standard InChI is InChI=1S/C21H22O4P/c1-23-16-4-10-19(11-5-16)26(22,20-12-6-17(24-2)7-13-20)21-14-8-18(25-3)9-15-21/h4-15,22H,1-3H3. The Kier molecular flexibility index (Phi) is 5.46. The molecular weight excluding hydrogens is 347 g/mol. The monoisotopic (exact) mass is 369 g/mol. The fraction of sp³-hybridized carbons (Fsp3) is 0.143. The second-order valence-electron chi connectivity index (χ2n) is 5.73. The summed E-state index contributed by atoms with van der Waals surface area (Å²) in [5.41, 5.74) is 0. The van der Waals surface area contributed by atoms with Crippen LogP contribution in [-0.2, 0) is 0 Å². The number of methoxy groups -OCH3 is 3. The minimum absolute atomic E-state index is 0.754. The third kappa shape index (κ3) is 3.39. The Bertz CT molecular complexity index is 727. The van der Waals surface area contributed by atoms with Crippen LogP contribution in [0.5, 0.6) is 17.2 Å². The smallest absolute Gasteiger partial charge is 0.118 e. The molecule has 0 aliphatic rings. The van der Waals surface area contributed by atoms with Crippen LogP contribution in [0.1, 0.15) is 0 Å². The highest BCUT2D eigenvalue weighted by Crippen LogP contribution is 2.51. The second kappa shape index (κ2) is 7.77. The van der Waals surface area contributed by atoms with Gasteiger partial charge in [-0.1, -0.05) is 0 Å². The molecule has 1 radical (unpaired) electrons. The molecule has 0 atom stereocenters. The van der Waals surface area contributed by atoms with E-state index < -0.39 is 7.49 Å². The van der Waals surface area contributed by atoms with Crippen molar-refractivity contribution in [2.45, 2.75) is 0 Å². The number of hydrogen-bond acceptors (Lipinski definition) is 4. The lowest BCUT2D eigenvalue weighted by Crippen LogP contribution is -2.30. The van der Waals surface area contributed by atoms with Gasteiger partial charge < -0.3 is 19.1 Å². The molecule has 0 heterocycles. The summed E-state index contributed by atoms with van der Waals surface area (Å²) in [7, 11) is 2.10. The topological polar surface area (TPSA) is 47.9 Å². The van der Waals surface area contributed by atoms with Gasteiger partial charge in [-0.05, 0) is 72.8 Å². The maximum atomic E-state index is 11.9. The Morgan fingerprint density at radius 2 is 0.731 bits per heavy atom. The van der Waals surface area contributed by atoms with Gasteiger partial charge in [0.25, 0.3) is 0 Å². The van der Waals surface area contributed by atoms with Gasteiger partial charge in [0.2, 0.25) is 0 Å². The first kappa shape index (κ1) is 18.2. The molecule has 26 heavy (non-hydrogen) atoms. The molecule has 0 unspecified atom stereocenters. The Hall–Kier alpha value is -2.55. The third-order valence-electron chi connectivity index (χ3n) is 4.34. The van der Waals surface area contributed by atoms with E-state index >= 15 is 0 Å². The fourth-order valence-corrected chi connectivity index (χ4v) is 5.48. The first-order valence-electron chi connectivity index (χ1n) is 8.17. The molecule has 0 aromatic heterocycles. The molecular formula is C21H22O4P. The first-order chi connectivity index (χ1) is 12.6. The van der Waals surface area contributed by atoms with E-state index in [4.69, 9.17) is 14.2 Å². The normalized spacial score (nSPS) is 11.1. The van der Waals surface area contributed by atoms with Crippen LogP contribution in [0.2, 0.25) is 0 Å². The van der Waals surface area contributed by atoms with Gasteiger partial charge in [0.1, 0.15) is 17.2 Å². The highest BCUT2D eigenvalue weighted by Gasteiger charge is 2.32. The molecule has 3 aromatic carbocycles. The average Bonchev–Trinajstić information content (AvgIpc) is 2.73. The van der Waals surface area contributed by atoms with Crippen molar-refractivity contribution in [3.05, 3.63) is 72.8 Å². The number of ether oxygens (including phenoxy) is 3. The zero-order valence-corrected chi connectivity index (χ0v) is 15.9. The van der Waals surface area contributed by atoms with Gasteiger partial charge in [0, 0.05) is 15.9 Å². The van der Waals surface area contributed by atoms with Gasteiger partial charge in [-0.3, -0.25) is 0 Å². The molecule has 0 fully saturated rings. The van der Waals surface area contributed by atoms with E-state index in [1.807, 2.05) is 72.8 Å². The van der Waals surface area contributed by atoms with Crippen molar-refractivity contribution >= 4 is 23.4 Å².